The van der Waals surface area contributed by atoms with E-state index in [1.165, 1.54) is 6.42 Å². The van der Waals surface area contributed by atoms with Crippen molar-refractivity contribution in [2.75, 3.05) is 39.4 Å². The van der Waals surface area contributed by atoms with Gasteiger partial charge in [-0.25, -0.2) is 0 Å². The summed E-state index contributed by atoms with van der Waals surface area (Å²) < 4.78 is 12.9. The lowest BCUT2D eigenvalue weighted by Crippen LogP contribution is -3.00. The maximum Gasteiger partial charge on any atom is 0.137 e. The van der Waals surface area contributed by atoms with E-state index in [2.05, 4.69) is 0 Å². The maximum atomic E-state index is 6.28. The van der Waals surface area contributed by atoms with Crippen molar-refractivity contribution >= 4 is 12.4 Å². The van der Waals surface area contributed by atoms with Crippen LogP contribution in [0.25, 0.3) is 0 Å². The monoisotopic (exact) mass is 412 g/mol. The highest BCUT2D eigenvalue weighted by atomic mass is 35.5. The molecule has 0 saturated carbocycles. The van der Waals surface area contributed by atoms with Gasteiger partial charge in [0.15, 0.2) is 0 Å². The number of halogens is 2. The first kappa shape index (κ1) is 23.6. The molecule has 1 heterocycles. The fourth-order valence-corrected chi connectivity index (χ4v) is 3.63. The van der Waals surface area contributed by atoms with E-state index in [1.807, 2.05) is 60.7 Å². The first-order chi connectivity index (χ1) is 12.3. The number of likely N-dealkylation sites (tertiary alicyclic amines) is 1. The van der Waals surface area contributed by atoms with E-state index in [4.69, 9.17) is 15.2 Å². The molecule has 0 radical (unpaired) electrons. The molecule has 0 aliphatic carbocycles. The molecule has 1 unspecified atom stereocenters. The molecule has 3 rings (SSSR count). The Bertz CT molecular complexity index is 583. The van der Waals surface area contributed by atoms with Crippen LogP contribution in [0.5, 0.6) is 11.5 Å². The summed E-state index contributed by atoms with van der Waals surface area (Å²) in [6.07, 6.45) is 2.30. The Morgan fingerprint density at radius 1 is 0.852 bits per heavy atom. The van der Waals surface area contributed by atoms with E-state index in [0.717, 1.165) is 48.6 Å². The molecule has 6 heteroatoms. The van der Waals surface area contributed by atoms with Crippen molar-refractivity contribution in [2.24, 2.45) is 5.73 Å². The highest BCUT2D eigenvalue weighted by Crippen LogP contribution is 2.19. The van der Waals surface area contributed by atoms with Crippen LogP contribution in [-0.4, -0.2) is 49.9 Å². The van der Waals surface area contributed by atoms with Crippen molar-refractivity contribution < 1.29 is 26.4 Å². The van der Waals surface area contributed by atoms with Crippen LogP contribution < -0.4 is 27.6 Å². The van der Waals surface area contributed by atoms with Gasteiger partial charge in [-0.1, -0.05) is 36.4 Å². The number of nitrogens with two attached hydrogens (primary N) is 1. The summed E-state index contributed by atoms with van der Waals surface area (Å²) in [6, 6.07) is 20.3. The Balaban J connectivity index is 0.00000182. The van der Waals surface area contributed by atoms with Gasteiger partial charge in [-0.3, -0.25) is 0 Å². The fourth-order valence-electron chi connectivity index (χ4n) is 3.63. The number of ether oxygens (including phenoxy) is 2. The molecule has 1 atom stereocenters. The van der Waals surface area contributed by atoms with Gasteiger partial charge in [0.25, 0.3) is 0 Å². The van der Waals surface area contributed by atoms with E-state index in [1.54, 1.807) is 0 Å². The molecule has 0 bridgehead atoms. The number of hydrogen-bond donors (Lipinski definition) is 1. The van der Waals surface area contributed by atoms with Crippen LogP contribution in [0.15, 0.2) is 60.7 Å². The van der Waals surface area contributed by atoms with Gasteiger partial charge in [-0.05, 0) is 37.1 Å². The highest BCUT2D eigenvalue weighted by Gasteiger charge is 2.33. The van der Waals surface area contributed by atoms with E-state index in [9.17, 15) is 0 Å². The lowest BCUT2D eigenvalue weighted by Gasteiger charge is -2.43. The molecule has 1 fully saturated rings. The Morgan fingerprint density at radius 2 is 1.33 bits per heavy atom. The molecule has 0 aromatic heterocycles. The maximum absolute atomic E-state index is 6.28. The van der Waals surface area contributed by atoms with Crippen LogP contribution in [0, 0.1) is 0 Å². The number of rotatable bonds is 8. The second kappa shape index (κ2) is 12.1. The Kier molecular flexibility index (Phi) is 10.6. The summed E-state index contributed by atoms with van der Waals surface area (Å²) >= 11 is 0. The van der Waals surface area contributed by atoms with Crippen molar-refractivity contribution in [3.8, 4) is 11.5 Å². The largest absolute Gasteiger partial charge is 1.00 e. The zero-order chi connectivity index (χ0) is 17.4. The number of hydrogen-bond acceptors (Lipinski definition) is 3. The summed E-state index contributed by atoms with van der Waals surface area (Å²) in [5.41, 5.74) is 6.28. The normalized spacial score (nSPS) is 17.9. The summed E-state index contributed by atoms with van der Waals surface area (Å²) in [4.78, 5) is 0. The lowest BCUT2D eigenvalue weighted by molar-refractivity contribution is -0.933. The van der Waals surface area contributed by atoms with Crippen molar-refractivity contribution in [3.05, 3.63) is 60.7 Å². The van der Waals surface area contributed by atoms with Gasteiger partial charge in [0.1, 0.15) is 37.8 Å². The standard InChI is InChI=1S/C21H29N2O2.2ClH/c22-19-8-7-13-23(18-19,14-16-24-20-9-3-1-4-10-20)15-17-25-21-11-5-2-6-12-21;;/h1-6,9-12,19H,7-8,13-18,22H2;2*1H/q+1;;/p-1. The average Bonchev–Trinajstić information content (AvgIpc) is 2.64. The summed E-state index contributed by atoms with van der Waals surface area (Å²) in [6.45, 7) is 5.53. The van der Waals surface area contributed by atoms with Gasteiger partial charge in [0.2, 0.25) is 0 Å². The molecule has 1 aliphatic heterocycles. The predicted molar refractivity (Wildman–Crippen MR) is 108 cm³/mol. The molecule has 1 aliphatic rings. The van der Waals surface area contributed by atoms with Crippen molar-refractivity contribution in [2.45, 2.75) is 18.9 Å². The molecule has 0 amide bonds. The highest BCUT2D eigenvalue weighted by molar-refractivity contribution is 5.85. The van der Waals surface area contributed by atoms with Gasteiger partial charge < -0.3 is 32.1 Å². The molecule has 27 heavy (non-hydrogen) atoms. The molecule has 0 spiro atoms. The van der Waals surface area contributed by atoms with Crippen molar-refractivity contribution in [3.63, 3.8) is 0 Å². The molecule has 4 nitrogen and oxygen atoms in total. The van der Waals surface area contributed by atoms with E-state index in [0.29, 0.717) is 13.2 Å². The van der Waals surface area contributed by atoms with Gasteiger partial charge >= 0.3 is 0 Å². The van der Waals surface area contributed by atoms with Crippen molar-refractivity contribution in [1.29, 1.82) is 0 Å². The number of nitrogens with zero attached hydrogens (tertiary/aromatic N) is 1. The van der Waals surface area contributed by atoms with Gasteiger partial charge in [-0.2, -0.15) is 0 Å². The van der Waals surface area contributed by atoms with Crippen LogP contribution in [-0.2, 0) is 0 Å². The minimum atomic E-state index is 0. The Hall–Kier alpha value is -1.46. The number of quaternary nitrogens is 1. The number of benzene rings is 2. The zero-order valence-electron chi connectivity index (χ0n) is 15.6. The van der Waals surface area contributed by atoms with Crippen LogP contribution in [0.2, 0.25) is 0 Å². The quantitative estimate of drug-likeness (QED) is 0.642. The molecular formula is C21H30Cl2N2O2. The lowest BCUT2D eigenvalue weighted by atomic mass is 10.0. The predicted octanol–water partition coefficient (Wildman–Crippen LogP) is 0.508. The zero-order valence-corrected chi connectivity index (χ0v) is 17.2. The van der Waals surface area contributed by atoms with Gasteiger partial charge in [0, 0.05) is 0 Å². The van der Waals surface area contributed by atoms with E-state index in [-0.39, 0.29) is 30.9 Å². The van der Waals surface area contributed by atoms with E-state index >= 15 is 0 Å². The van der Waals surface area contributed by atoms with E-state index < -0.39 is 0 Å². The minimum absolute atomic E-state index is 0. The number of piperidine rings is 1. The number of para-hydroxylation sites is 2. The molecule has 2 aromatic rings. The summed E-state index contributed by atoms with van der Waals surface area (Å²) in [7, 11) is 0. The molecule has 150 valence electrons. The second-order valence-corrected chi connectivity index (χ2v) is 6.92. The van der Waals surface area contributed by atoms with Crippen molar-refractivity contribution in [1.82, 2.24) is 0 Å². The fraction of sp³-hybridized carbons (Fsp3) is 0.429. The smallest absolute Gasteiger partial charge is 0.137 e. The molecular weight excluding hydrogens is 383 g/mol. The van der Waals surface area contributed by atoms with Crippen LogP contribution in [0.1, 0.15) is 12.8 Å². The SMILES string of the molecule is Cl.NC1CCC[N+](CCOc2ccccc2)(CCOc2ccccc2)C1.[Cl-]. The third-order valence-electron chi connectivity index (χ3n) is 4.98. The van der Waals surface area contributed by atoms with Crippen LogP contribution in [0.4, 0.5) is 0 Å². The van der Waals surface area contributed by atoms with Crippen LogP contribution in [0.3, 0.4) is 0 Å². The Morgan fingerprint density at radius 3 is 1.78 bits per heavy atom. The summed E-state index contributed by atoms with van der Waals surface area (Å²) in [5.74, 6) is 1.87. The van der Waals surface area contributed by atoms with Gasteiger partial charge in [-0.15, -0.1) is 12.4 Å². The first-order valence-electron chi connectivity index (χ1n) is 9.22. The Labute approximate surface area is 175 Å². The molecule has 2 N–H and O–H groups in total. The molecule has 1 saturated heterocycles. The minimum Gasteiger partial charge on any atom is -1.00 e. The first-order valence-corrected chi connectivity index (χ1v) is 9.22. The third-order valence-corrected chi connectivity index (χ3v) is 4.98. The van der Waals surface area contributed by atoms with Crippen LogP contribution >= 0.6 is 12.4 Å². The topological polar surface area (TPSA) is 44.5 Å². The third kappa shape index (κ3) is 7.59. The second-order valence-electron chi connectivity index (χ2n) is 6.92. The average molecular weight is 413 g/mol. The molecule has 2 aromatic carbocycles. The van der Waals surface area contributed by atoms with Gasteiger partial charge in [0.05, 0.1) is 19.1 Å². The summed E-state index contributed by atoms with van der Waals surface area (Å²) in [5, 5.41) is 0.